The van der Waals surface area contributed by atoms with Gasteiger partial charge in [0, 0.05) is 25.7 Å². The van der Waals surface area contributed by atoms with Crippen molar-refractivity contribution in [2.24, 2.45) is 0 Å². The average Bonchev–Trinajstić information content (AvgIpc) is 3.41. The monoisotopic (exact) mass is 470 g/mol. The van der Waals surface area contributed by atoms with Crippen molar-refractivity contribution in [1.29, 1.82) is 0 Å². The maximum atomic E-state index is 6.80. The number of hydrogen-bond acceptors (Lipinski definition) is 6. The molecule has 0 N–H and O–H groups in total. The van der Waals surface area contributed by atoms with Crippen molar-refractivity contribution in [1.82, 2.24) is 0 Å². The van der Waals surface area contributed by atoms with E-state index in [1.54, 1.807) is 6.08 Å². The van der Waals surface area contributed by atoms with E-state index in [4.69, 9.17) is 28.4 Å². The third-order valence-electron chi connectivity index (χ3n) is 8.27. The van der Waals surface area contributed by atoms with Crippen LogP contribution in [0.3, 0.4) is 0 Å². The van der Waals surface area contributed by atoms with Crippen LogP contribution in [0.15, 0.2) is 43.0 Å². The number of ether oxygens (including phenoxy) is 6. The molecule has 0 amide bonds. The molecule has 2 saturated heterocycles. The number of benzene rings is 1. The van der Waals surface area contributed by atoms with E-state index in [1.807, 2.05) is 18.2 Å². The van der Waals surface area contributed by atoms with Crippen LogP contribution in [0.25, 0.3) is 0 Å². The highest BCUT2D eigenvalue weighted by Crippen LogP contribution is 2.52. The van der Waals surface area contributed by atoms with Crippen LogP contribution in [0.5, 0.6) is 0 Å². The van der Waals surface area contributed by atoms with Gasteiger partial charge in [-0.25, -0.2) is 0 Å². The lowest BCUT2D eigenvalue weighted by Gasteiger charge is -2.42. The predicted molar refractivity (Wildman–Crippen MR) is 126 cm³/mol. The molecule has 186 valence electrons. The fourth-order valence-electron chi connectivity index (χ4n) is 6.68. The molecule has 6 nitrogen and oxygen atoms in total. The molecule has 1 aromatic carbocycles. The standard InChI is InChI=1S/C28H38O6/c1-2-18-29-21-22(30-19-20-12-6-3-7-13-20)24-26(34-28(32-24)16-10-5-11-17-28)25-23(21)31-27(33-25)14-8-4-9-15-27/h2-3,6-7,12-13,21-26H,1,4-5,8-11,14-19H2/t21-,22-,23-,24+,25-,26-/m1/s1. The Bertz CT molecular complexity index is 831. The van der Waals surface area contributed by atoms with E-state index in [-0.39, 0.29) is 36.6 Å². The van der Waals surface area contributed by atoms with Gasteiger partial charge in [-0.15, -0.1) is 6.58 Å². The molecule has 2 aliphatic heterocycles. The van der Waals surface area contributed by atoms with Gasteiger partial charge in [-0.05, 0) is 31.2 Å². The van der Waals surface area contributed by atoms with E-state index in [2.05, 4.69) is 18.7 Å². The SMILES string of the molecule is C=CCO[C@@H]1[C@@H](OCc2ccccc2)[C@@H]2OC3(CCCCC3)O[C@H]2[C@@H]2OC3(CCCCC3)O[C@H]12. The van der Waals surface area contributed by atoms with Crippen LogP contribution >= 0.6 is 0 Å². The van der Waals surface area contributed by atoms with E-state index < -0.39 is 11.6 Å². The third-order valence-corrected chi connectivity index (χ3v) is 8.27. The lowest BCUT2D eigenvalue weighted by Crippen LogP contribution is -2.63. The zero-order valence-electron chi connectivity index (χ0n) is 20.1. The van der Waals surface area contributed by atoms with Crippen LogP contribution in [-0.2, 0) is 35.0 Å². The van der Waals surface area contributed by atoms with Gasteiger partial charge in [0.15, 0.2) is 11.6 Å². The summed E-state index contributed by atoms with van der Waals surface area (Å²) in [6.45, 7) is 4.79. The van der Waals surface area contributed by atoms with Crippen LogP contribution in [0.1, 0.15) is 69.8 Å². The summed E-state index contributed by atoms with van der Waals surface area (Å²) >= 11 is 0. The number of fused-ring (bicyclic) bond motifs is 3. The Balaban J connectivity index is 1.32. The Labute approximate surface area is 202 Å². The molecule has 0 radical (unpaired) electrons. The minimum atomic E-state index is -0.536. The Kier molecular flexibility index (Phi) is 6.56. The number of rotatable bonds is 6. The summed E-state index contributed by atoms with van der Waals surface area (Å²) in [6, 6.07) is 10.3. The summed E-state index contributed by atoms with van der Waals surface area (Å²) in [5, 5.41) is 0. The van der Waals surface area contributed by atoms with Gasteiger partial charge in [0.05, 0.1) is 13.2 Å². The van der Waals surface area contributed by atoms with E-state index in [0.717, 1.165) is 56.9 Å². The zero-order chi connectivity index (χ0) is 23.0. The van der Waals surface area contributed by atoms with Crippen molar-refractivity contribution < 1.29 is 28.4 Å². The largest absolute Gasteiger partial charge is 0.369 e. The molecule has 1 aromatic rings. The fraction of sp³-hybridized carbons (Fsp3) is 0.714. The zero-order valence-corrected chi connectivity index (χ0v) is 20.1. The second-order valence-electron chi connectivity index (χ2n) is 10.6. The lowest BCUT2D eigenvalue weighted by molar-refractivity contribution is -0.231. The van der Waals surface area contributed by atoms with Gasteiger partial charge in [0.25, 0.3) is 0 Å². The summed E-state index contributed by atoms with van der Waals surface area (Å²) < 4.78 is 40.1. The van der Waals surface area contributed by atoms with Gasteiger partial charge in [-0.2, -0.15) is 0 Å². The second-order valence-corrected chi connectivity index (χ2v) is 10.6. The van der Waals surface area contributed by atoms with Crippen molar-refractivity contribution in [3.05, 3.63) is 48.6 Å². The summed E-state index contributed by atoms with van der Waals surface area (Å²) in [4.78, 5) is 0. The lowest BCUT2D eigenvalue weighted by atomic mass is 9.84. The molecule has 3 aliphatic carbocycles. The van der Waals surface area contributed by atoms with Crippen molar-refractivity contribution in [2.75, 3.05) is 6.61 Å². The van der Waals surface area contributed by atoms with E-state index in [0.29, 0.717) is 13.2 Å². The van der Waals surface area contributed by atoms with Crippen LogP contribution in [-0.4, -0.2) is 54.8 Å². The fourth-order valence-corrected chi connectivity index (χ4v) is 6.68. The number of hydrogen-bond donors (Lipinski definition) is 0. The molecule has 34 heavy (non-hydrogen) atoms. The highest BCUT2D eigenvalue weighted by molar-refractivity contribution is 5.15. The molecule has 6 heteroatoms. The highest BCUT2D eigenvalue weighted by Gasteiger charge is 2.66. The molecule has 0 unspecified atom stereocenters. The van der Waals surface area contributed by atoms with Gasteiger partial charge in [-0.3, -0.25) is 0 Å². The summed E-state index contributed by atoms with van der Waals surface area (Å²) in [7, 11) is 0. The van der Waals surface area contributed by atoms with Gasteiger partial charge in [0.1, 0.15) is 36.6 Å². The average molecular weight is 471 g/mol. The summed E-state index contributed by atoms with van der Waals surface area (Å²) in [6.07, 6.45) is 10.9. The molecular formula is C28H38O6. The van der Waals surface area contributed by atoms with Crippen LogP contribution in [0.2, 0.25) is 0 Å². The molecule has 5 aliphatic rings. The second kappa shape index (κ2) is 9.64. The minimum absolute atomic E-state index is 0.212. The van der Waals surface area contributed by atoms with E-state index in [9.17, 15) is 0 Å². The van der Waals surface area contributed by atoms with E-state index >= 15 is 0 Å². The highest BCUT2D eigenvalue weighted by atomic mass is 16.8. The summed E-state index contributed by atoms with van der Waals surface area (Å²) in [5.41, 5.74) is 1.13. The molecule has 2 spiro atoms. The maximum absolute atomic E-state index is 6.80. The van der Waals surface area contributed by atoms with Crippen LogP contribution < -0.4 is 0 Å². The minimum Gasteiger partial charge on any atom is -0.369 e. The first-order valence-corrected chi connectivity index (χ1v) is 13.3. The molecule has 5 fully saturated rings. The van der Waals surface area contributed by atoms with E-state index in [1.165, 1.54) is 12.8 Å². The molecular weight excluding hydrogens is 432 g/mol. The maximum Gasteiger partial charge on any atom is 0.169 e. The molecule has 3 saturated carbocycles. The van der Waals surface area contributed by atoms with Gasteiger partial charge in [-0.1, -0.05) is 49.2 Å². The normalized spacial score (nSPS) is 38.0. The van der Waals surface area contributed by atoms with Crippen molar-refractivity contribution in [3.8, 4) is 0 Å². The van der Waals surface area contributed by atoms with Crippen molar-refractivity contribution in [2.45, 2.75) is 119 Å². The Hall–Kier alpha value is -1.28. The quantitative estimate of drug-likeness (QED) is 0.543. The smallest absolute Gasteiger partial charge is 0.169 e. The molecule has 0 bridgehead atoms. The predicted octanol–water partition coefficient (Wildman–Crippen LogP) is 5.05. The Morgan fingerprint density at radius 3 is 1.74 bits per heavy atom. The first kappa shape index (κ1) is 23.1. The third kappa shape index (κ3) is 4.27. The Morgan fingerprint density at radius 1 is 0.706 bits per heavy atom. The first-order valence-electron chi connectivity index (χ1n) is 13.3. The van der Waals surface area contributed by atoms with Gasteiger partial charge in [0.2, 0.25) is 0 Å². The van der Waals surface area contributed by atoms with Crippen molar-refractivity contribution in [3.63, 3.8) is 0 Å². The molecule has 2 heterocycles. The van der Waals surface area contributed by atoms with Gasteiger partial charge >= 0.3 is 0 Å². The van der Waals surface area contributed by atoms with Crippen LogP contribution in [0.4, 0.5) is 0 Å². The summed E-state index contributed by atoms with van der Waals surface area (Å²) in [5.74, 6) is -1.07. The van der Waals surface area contributed by atoms with Gasteiger partial charge < -0.3 is 28.4 Å². The Morgan fingerprint density at radius 2 is 1.21 bits per heavy atom. The molecule has 0 aromatic heterocycles. The molecule has 6 rings (SSSR count). The van der Waals surface area contributed by atoms with Crippen LogP contribution in [0, 0.1) is 0 Å². The molecule has 6 atom stereocenters. The first-order chi connectivity index (χ1) is 16.7. The topological polar surface area (TPSA) is 55.4 Å². The van der Waals surface area contributed by atoms with Crippen molar-refractivity contribution >= 4 is 0 Å².